The van der Waals surface area contributed by atoms with Crippen LogP contribution in [0.2, 0.25) is 0 Å². The smallest absolute Gasteiger partial charge is 0.309 e. The molecule has 0 aromatic carbocycles. The molecule has 3 rings (SSSR count). The standard InChI is InChI=1S/C27H46O3/c1-3-4-5-6-21-7-9-22(10-8-21)11-12-23-13-15-24(16-14-23)25(18-28)19-30-27(29)26-17-20(26)2/h11-12,20-26,28H,3-10,13-19H2,1-2H3/b12-11+. The fraction of sp³-hybridized carbons (Fsp3) is 0.889. The van der Waals surface area contributed by atoms with Gasteiger partial charge in [0.1, 0.15) is 0 Å². The largest absolute Gasteiger partial charge is 0.465 e. The zero-order valence-corrected chi connectivity index (χ0v) is 19.6. The number of rotatable bonds is 11. The molecule has 0 spiro atoms. The summed E-state index contributed by atoms with van der Waals surface area (Å²) in [6.45, 7) is 4.94. The molecule has 0 aromatic rings. The number of hydrogen-bond donors (Lipinski definition) is 1. The summed E-state index contributed by atoms with van der Waals surface area (Å²) in [6.07, 6.45) is 22.0. The van der Waals surface area contributed by atoms with E-state index < -0.39 is 0 Å². The van der Waals surface area contributed by atoms with E-state index in [1.165, 1.54) is 64.2 Å². The Kier molecular flexibility index (Phi) is 9.74. The van der Waals surface area contributed by atoms with Crippen molar-refractivity contribution in [2.24, 2.45) is 41.4 Å². The molecule has 3 nitrogen and oxygen atoms in total. The second-order valence-electron chi connectivity index (χ2n) is 10.7. The number of unbranched alkanes of at least 4 members (excludes halogenated alkanes) is 2. The van der Waals surface area contributed by atoms with E-state index in [0.717, 1.165) is 31.1 Å². The van der Waals surface area contributed by atoms with Gasteiger partial charge in [0.05, 0.1) is 12.5 Å². The van der Waals surface area contributed by atoms with Crippen molar-refractivity contribution in [3.8, 4) is 0 Å². The second-order valence-corrected chi connectivity index (χ2v) is 10.7. The summed E-state index contributed by atoms with van der Waals surface area (Å²) in [7, 11) is 0. The Labute approximate surface area is 185 Å². The van der Waals surface area contributed by atoms with Gasteiger partial charge in [-0.15, -0.1) is 0 Å². The molecule has 3 fully saturated rings. The van der Waals surface area contributed by atoms with Gasteiger partial charge >= 0.3 is 5.97 Å². The highest BCUT2D eigenvalue weighted by Gasteiger charge is 2.41. The summed E-state index contributed by atoms with van der Waals surface area (Å²) in [5.74, 6) is 3.69. The van der Waals surface area contributed by atoms with Crippen molar-refractivity contribution in [2.45, 2.75) is 97.3 Å². The van der Waals surface area contributed by atoms with Crippen LogP contribution in [0.25, 0.3) is 0 Å². The van der Waals surface area contributed by atoms with Gasteiger partial charge in [-0.2, -0.15) is 0 Å². The minimum Gasteiger partial charge on any atom is -0.465 e. The van der Waals surface area contributed by atoms with Gasteiger partial charge < -0.3 is 9.84 Å². The summed E-state index contributed by atoms with van der Waals surface area (Å²) in [6, 6.07) is 0. The number of hydrogen-bond acceptors (Lipinski definition) is 3. The molecule has 0 heterocycles. The van der Waals surface area contributed by atoms with Crippen LogP contribution in [0.1, 0.15) is 97.3 Å². The van der Waals surface area contributed by atoms with Crippen molar-refractivity contribution >= 4 is 5.97 Å². The van der Waals surface area contributed by atoms with Crippen LogP contribution in [0.4, 0.5) is 0 Å². The molecule has 0 saturated heterocycles. The fourth-order valence-electron chi connectivity index (χ4n) is 5.76. The molecule has 172 valence electrons. The van der Waals surface area contributed by atoms with Crippen LogP contribution in [-0.2, 0) is 9.53 Å². The molecule has 3 heteroatoms. The van der Waals surface area contributed by atoms with Gasteiger partial charge in [-0.1, -0.05) is 51.7 Å². The Morgan fingerprint density at radius 1 is 1.00 bits per heavy atom. The topological polar surface area (TPSA) is 46.5 Å². The van der Waals surface area contributed by atoms with Crippen LogP contribution in [0, 0.1) is 41.4 Å². The maximum absolute atomic E-state index is 12.0. The number of esters is 1. The Morgan fingerprint density at radius 3 is 2.13 bits per heavy atom. The monoisotopic (exact) mass is 418 g/mol. The zero-order chi connectivity index (χ0) is 21.3. The minimum atomic E-state index is -0.0438. The van der Waals surface area contributed by atoms with E-state index in [1.807, 2.05) is 0 Å². The van der Waals surface area contributed by atoms with E-state index in [2.05, 4.69) is 26.0 Å². The lowest BCUT2D eigenvalue weighted by atomic mass is 9.75. The third-order valence-electron chi connectivity index (χ3n) is 8.33. The lowest BCUT2D eigenvalue weighted by Crippen LogP contribution is -2.29. The summed E-state index contributed by atoms with van der Waals surface area (Å²) in [5.41, 5.74) is 0. The Hall–Kier alpha value is -0.830. The number of carbonyl (C=O) groups is 1. The van der Waals surface area contributed by atoms with E-state index in [4.69, 9.17) is 4.74 Å². The number of aliphatic hydroxyl groups excluding tert-OH is 1. The Balaban J connectivity index is 1.31. The van der Waals surface area contributed by atoms with E-state index >= 15 is 0 Å². The minimum absolute atomic E-state index is 0.0438. The fourth-order valence-corrected chi connectivity index (χ4v) is 5.76. The summed E-state index contributed by atoms with van der Waals surface area (Å²) in [5, 5.41) is 9.82. The van der Waals surface area contributed by atoms with Gasteiger partial charge in [0.15, 0.2) is 0 Å². The third kappa shape index (κ3) is 7.39. The lowest BCUT2D eigenvalue weighted by Gasteiger charge is -2.32. The number of carbonyl (C=O) groups excluding carboxylic acids is 1. The molecule has 3 atom stereocenters. The molecule has 0 amide bonds. The summed E-state index contributed by atoms with van der Waals surface area (Å²) < 4.78 is 5.52. The first kappa shape index (κ1) is 23.8. The molecule has 3 unspecified atom stereocenters. The average molecular weight is 419 g/mol. The maximum atomic E-state index is 12.0. The molecule has 1 N–H and O–H groups in total. The number of allylic oxidation sites excluding steroid dienone is 2. The molecule has 3 aliphatic carbocycles. The first-order valence-electron chi connectivity index (χ1n) is 13.1. The molecule has 3 saturated carbocycles. The van der Waals surface area contributed by atoms with Gasteiger partial charge in [0, 0.05) is 12.5 Å². The van der Waals surface area contributed by atoms with E-state index in [9.17, 15) is 9.90 Å². The summed E-state index contributed by atoms with van der Waals surface area (Å²) >= 11 is 0. The van der Waals surface area contributed by atoms with Crippen LogP contribution < -0.4 is 0 Å². The number of ether oxygens (including phenoxy) is 1. The van der Waals surface area contributed by atoms with Crippen LogP contribution in [0.3, 0.4) is 0 Å². The molecule has 0 aliphatic heterocycles. The Bertz CT molecular complexity index is 526. The zero-order valence-electron chi connectivity index (χ0n) is 19.6. The molecule has 0 aromatic heterocycles. The van der Waals surface area contributed by atoms with Crippen molar-refractivity contribution in [3.63, 3.8) is 0 Å². The van der Waals surface area contributed by atoms with Gasteiger partial charge in [0.2, 0.25) is 0 Å². The van der Waals surface area contributed by atoms with Gasteiger partial charge in [-0.3, -0.25) is 4.79 Å². The molecular formula is C27H46O3. The van der Waals surface area contributed by atoms with Crippen molar-refractivity contribution < 1.29 is 14.6 Å². The summed E-state index contributed by atoms with van der Waals surface area (Å²) in [4.78, 5) is 12.0. The van der Waals surface area contributed by atoms with Crippen LogP contribution >= 0.6 is 0 Å². The van der Waals surface area contributed by atoms with Crippen LogP contribution in [0.5, 0.6) is 0 Å². The second kappa shape index (κ2) is 12.3. The van der Waals surface area contributed by atoms with Gasteiger partial charge in [-0.25, -0.2) is 0 Å². The normalized spacial score (nSPS) is 35.3. The first-order chi connectivity index (χ1) is 14.6. The average Bonchev–Trinajstić information content (AvgIpc) is 3.51. The molecular weight excluding hydrogens is 372 g/mol. The van der Waals surface area contributed by atoms with Crippen molar-refractivity contribution in [1.82, 2.24) is 0 Å². The van der Waals surface area contributed by atoms with Crippen LogP contribution in [0.15, 0.2) is 12.2 Å². The molecule has 30 heavy (non-hydrogen) atoms. The van der Waals surface area contributed by atoms with Crippen molar-refractivity contribution in [1.29, 1.82) is 0 Å². The highest BCUT2D eigenvalue weighted by Crippen LogP contribution is 2.40. The predicted octanol–water partition coefficient (Wildman–Crippen LogP) is 6.54. The first-order valence-corrected chi connectivity index (χ1v) is 13.1. The van der Waals surface area contributed by atoms with Crippen LogP contribution in [-0.4, -0.2) is 24.3 Å². The van der Waals surface area contributed by atoms with Crippen molar-refractivity contribution in [2.75, 3.05) is 13.2 Å². The molecule has 0 bridgehead atoms. The van der Waals surface area contributed by atoms with E-state index in [0.29, 0.717) is 24.4 Å². The van der Waals surface area contributed by atoms with Gasteiger partial charge in [0.25, 0.3) is 0 Å². The highest BCUT2D eigenvalue weighted by atomic mass is 16.5. The SMILES string of the molecule is CCCCCC1CCC(/C=C/C2CCC(C(CO)COC(=O)C3CC3C)CC2)CC1. The quantitative estimate of drug-likeness (QED) is 0.235. The third-order valence-corrected chi connectivity index (χ3v) is 8.33. The highest BCUT2D eigenvalue weighted by molar-refractivity contribution is 5.75. The van der Waals surface area contributed by atoms with E-state index in [-0.39, 0.29) is 24.4 Å². The van der Waals surface area contributed by atoms with Crippen molar-refractivity contribution in [3.05, 3.63) is 12.2 Å². The maximum Gasteiger partial charge on any atom is 0.309 e. The Morgan fingerprint density at radius 2 is 1.60 bits per heavy atom. The predicted molar refractivity (Wildman–Crippen MR) is 123 cm³/mol. The van der Waals surface area contributed by atoms with E-state index in [1.54, 1.807) is 0 Å². The number of aliphatic hydroxyl groups is 1. The molecule has 0 radical (unpaired) electrons. The molecule has 3 aliphatic rings. The van der Waals surface area contributed by atoms with Gasteiger partial charge in [-0.05, 0) is 87.4 Å². The lowest BCUT2D eigenvalue weighted by molar-refractivity contribution is -0.148.